The van der Waals surface area contributed by atoms with Crippen molar-refractivity contribution in [1.29, 1.82) is 0 Å². The molecule has 3 aromatic rings. The molecule has 1 fully saturated rings. The van der Waals surface area contributed by atoms with Gasteiger partial charge in [0.05, 0.1) is 11.8 Å². The molecule has 9 heteroatoms. The normalized spacial score (nSPS) is 19.9. The number of hydrogen-bond donors (Lipinski definition) is 2. The van der Waals surface area contributed by atoms with Crippen molar-refractivity contribution < 1.29 is 33.8 Å². The molecule has 0 unspecified atom stereocenters. The van der Waals surface area contributed by atoms with Crippen LogP contribution in [-0.4, -0.2) is 59.7 Å². The largest absolute Gasteiger partial charge is 0.481 e. The van der Waals surface area contributed by atoms with Gasteiger partial charge in [0, 0.05) is 19.0 Å². The van der Waals surface area contributed by atoms with Gasteiger partial charge in [0.25, 0.3) is 0 Å². The Balaban J connectivity index is 1.28. The maximum Gasteiger partial charge on any atom is 0.407 e. The fraction of sp³-hybridized carbons (Fsp3) is 0.333. The monoisotopic (exact) mass is 570 g/mol. The SMILES string of the molecule is C[C@H]1CN(C(=O)[C@H](CC(=O)OCc2ccccc2)NC(=O)OCC2c3ccccc3-c3ccccc32)C[C@]1(C)C(=O)O. The molecule has 2 N–H and O–H groups in total. The van der Waals surface area contributed by atoms with Gasteiger partial charge in [-0.15, -0.1) is 0 Å². The van der Waals surface area contributed by atoms with Gasteiger partial charge >= 0.3 is 18.0 Å². The number of alkyl carbamates (subject to hydrolysis) is 1. The predicted molar refractivity (Wildman–Crippen MR) is 154 cm³/mol. The maximum atomic E-state index is 13.6. The summed E-state index contributed by atoms with van der Waals surface area (Å²) in [6, 6.07) is 23.7. The standard InChI is InChI=1S/C33H34N2O7/c1-21-17-35(20-33(21,2)31(38)39)30(37)28(16-29(36)41-18-22-10-4-3-5-11-22)34-32(40)42-19-27-25-14-8-6-12-23(25)24-13-7-9-15-26(24)27/h3-15,21,27-28H,16-20H2,1-2H3,(H,34,40)(H,38,39)/t21-,28-,33-/m0/s1. The topological polar surface area (TPSA) is 122 Å². The molecule has 3 atom stereocenters. The third kappa shape index (κ3) is 5.86. The van der Waals surface area contributed by atoms with Crippen molar-refractivity contribution in [1.82, 2.24) is 10.2 Å². The first-order valence-corrected chi connectivity index (χ1v) is 14.0. The Morgan fingerprint density at radius 3 is 2.12 bits per heavy atom. The Labute approximate surface area is 244 Å². The van der Waals surface area contributed by atoms with Crippen LogP contribution in [0.5, 0.6) is 0 Å². The van der Waals surface area contributed by atoms with Crippen molar-refractivity contribution in [3.63, 3.8) is 0 Å². The van der Waals surface area contributed by atoms with Crippen LogP contribution in [0.3, 0.4) is 0 Å². The Hall–Kier alpha value is -4.66. The average molecular weight is 571 g/mol. The van der Waals surface area contributed by atoms with Crippen LogP contribution in [0.2, 0.25) is 0 Å². The number of nitrogens with one attached hydrogen (secondary N) is 1. The quantitative estimate of drug-likeness (QED) is 0.361. The average Bonchev–Trinajstić information content (AvgIpc) is 3.49. The van der Waals surface area contributed by atoms with Crippen LogP contribution in [0, 0.1) is 11.3 Å². The molecule has 0 saturated carbocycles. The number of fused-ring (bicyclic) bond motifs is 3. The van der Waals surface area contributed by atoms with Crippen LogP contribution in [0.15, 0.2) is 78.9 Å². The second-order valence-corrected chi connectivity index (χ2v) is 11.2. The molecule has 9 nitrogen and oxygen atoms in total. The van der Waals surface area contributed by atoms with Crippen LogP contribution in [0.25, 0.3) is 11.1 Å². The van der Waals surface area contributed by atoms with Crippen LogP contribution >= 0.6 is 0 Å². The molecule has 0 bridgehead atoms. The summed E-state index contributed by atoms with van der Waals surface area (Å²) in [6.07, 6.45) is -1.27. The van der Waals surface area contributed by atoms with Gasteiger partial charge in [-0.1, -0.05) is 85.8 Å². The number of carbonyl (C=O) groups is 4. The van der Waals surface area contributed by atoms with Gasteiger partial charge in [-0.2, -0.15) is 0 Å². The third-order valence-electron chi connectivity index (χ3n) is 8.45. The Bertz CT molecular complexity index is 1440. The van der Waals surface area contributed by atoms with Crippen molar-refractivity contribution in [2.75, 3.05) is 19.7 Å². The molecule has 3 aromatic carbocycles. The molecule has 1 heterocycles. The minimum atomic E-state index is -1.28. The molecule has 218 valence electrons. The highest BCUT2D eigenvalue weighted by Gasteiger charge is 2.49. The van der Waals surface area contributed by atoms with Crippen molar-refractivity contribution in [3.05, 3.63) is 95.6 Å². The molecule has 2 amide bonds. The van der Waals surface area contributed by atoms with E-state index in [2.05, 4.69) is 5.32 Å². The van der Waals surface area contributed by atoms with Gasteiger partial charge in [0.1, 0.15) is 19.3 Å². The minimum absolute atomic E-state index is 0.0172. The first-order chi connectivity index (χ1) is 20.2. The highest BCUT2D eigenvalue weighted by Crippen LogP contribution is 2.44. The van der Waals surface area contributed by atoms with E-state index in [0.29, 0.717) is 0 Å². The summed E-state index contributed by atoms with van der Waals surface area (Å²) in [7, 11) is 0. The zero-order chi connectivity index (χ0) is 29.9. The first kappa shape index (κ1) is 28.9. The number of amides is 2. The molecule has 2 aliphatic rings. The van der Waals surface area contributed by atoms with Crippen molar-refractivity contribution >= 4 is 23.9 Å². The molecule has 1 aliphatic carbocycles. The molecule has 1 saturated heterocycles. The van der Waals surface area contributed by atoms with E-state index >= 15 is 0 Å². The van der Waals surface area contributed by atoms with Crippen molar-refractivity contribution in [2.24, 2.45) is 11.3 Å². The zero-order valence-electron chi connectivity index (χ0n) is 23.6. The predicted octanol–water partition coefficient (Wildman–Crippen LogP) is 4.60. The van der Waals surface area contributed by atoms with Crippen LogP contribution in [0.1, 0.15) is 42.9 Å². The van der Waals surface area contributed by atoms with Crippen LogP contribution < -0.4 is 5.32 Å². The number of ether oxygens (including phenoxy) is 2. The van der Waals surface area contributed by atoms with Crippen LogP contribution in [-0.2, 0) is 30.5 Å². The van der Waals surface area contributed by atoms with Crippen molar-refractivity contribution in [2.45, 2.75) is 38.8 Å². The van der Waals surface area contributed by atoms with Gasteiger partial charge in [0.15, 0.2) is 0 Å². The molecule has 0 spiro atoms. The summed E-state index contributed by atoms with van der Waals surface area (Å²) in [4.78, 5) is 52.8. The van der Waals surface area contributed by atoms with E-state index in [1.54, 1.807) is 13.8 Å². The van der Waals surface area contributed by atoms with E-state index in [-0.39, 0.29) is 38.1 Å². The fourth-order valence-corrected chi connectivity index (χ4v) is 5.76. The summed E-state index contributed by atoms with van der Waals surface area (Å²) in [6.45, 7) is 3.56. The van der Waals surface area contributed by atoms with Gasteiger partial charge in [-0.25, -0.2) is 4.79 Å². The van der Waals surface area contributed by atoms with Crippen molar-refractivity contribution in [3.8, 4) is 11.1 Å². The first-order valence-electron chi connectivity index (χ1n) is 14.0. The number of hydrogen-bond acceptors (Lipinski definition) is 6. The number of carboxylic acids is 1. The highest BCUT2D eigenvalue weighted by atomic mass is 16.5. The lowest BCUT2D eigenvalue weighted by atomic mass is 9.81. The molecule has 0 radical (unpaired) electrons. The number of likely N-dealkylation sites (tertiary alicyclic amines) is 1. The van der Waals surface area contributed by atoms with Gasteiger partial charge in [-0.05, 0) is 40.7 Å². The number of esters is 1. The number of benzene rings is 3. The van der Waals surface area contributed by atoms with Gasteiger partial charge in [-0.3, -0.25) is 14.4 Å². The molecule has 1 aliphatic heterocycles. The second kappa shape index (κ2) is 12.1. The molecular weight excluding hydrogens is 536 g/mol. The molecular formula is C33H34N2O7. The van der Waals surface area contributed by atoms with Gasteiger partial charge < -0.3 is 24.8 Å². The Kier molecular flexibility index (Phi) is 8.29. The summed E-state index contributed by atoms with van der Waals surface area (Å²) < 4.78 is 11.0. The van der Waals surface area contributed by atoms with E-state index in [0.717, 1.165) is 27.8 Å². The van der Waals surface area contributed by atoms with E-state index in [4.69, 9.17) is 9.47 Å². The smallest absolute Gasteiger partial charge is 0.407 e. The van der Waals surface area contributed by atoms with E-state index < -0.39 is 41.8 Å². The lowest BCUT2D eigenvalue weighted by Gasteiger charge is -2.25. The zero-order valence-corrected chi connectivity index (χ0v) is 23.6. The second-order valence-electron chi connectivity index (χ2n) is 11.2. The number of nitrogens with zero attached hydrogens (tertiary/aromatic N) is 1. The molecule has 0 aromatic heterocycles. The number of aliphatic carboxylic acids is 1. The summed E-state index contributed by atoms with van der Waals surface area (Å²) in [5.74, 6) is -2.74. The number of rotatable bonds is 9. The fourth-order valence-electron chi connectivity index (χ4n) is 5.76. The van der Waals surface area contributed by atoms with E-state index in [1.807, 2.05) is 78.9 Å². The summed E-state index contributed by atoms with van der Waals surface area (Å²) >= 11 is 0. The number of carbonyl (C=O) groups excluding carboxylic acids is 3. The lowest BCUT2D eigenvalue weighted by Crippen LogP contribution is -2.50. The van der Waals surface area contributed by atoms with E-state index in [9.17, 15) is 24.3 Å². The molecule has 42 heavy (non-hydrogen) atoms. The maximum absolute atomic E-state index is 13.6. The summed E-state index contributed by atoms with van der Waals surface area (Å²) in [5, 5.41) is 12.3. The summed E-state index contributed by atoms with van der Waals surface area (Å²) in [5.41, 5.74) is 3.90. The Morgan fingerprint density at radius 2 is 1.52 bits per heavy atom. The number of carboxylic acid groups (broad SMARTS) is 1. The van der Waals surface area contributed by atoms with E-state index in [1.165, 1.54) is 4.90 Å². The third-order valence-corrected chi connectivity index (χ3v) is 8.45. The minimum Gasteiger partial charge on any atom is -0.481 e. The highest BCUT2D eigenvalue weighted by molar-refractivity contribution is 5.90. The Morgan fingerprint density at radius 1 is 0.929 bits per heavy atom. The van der Waals surface area contributed by atoms with Gasteiger partial charge in [0.2, 0.25) is 5.91 Å². The molecule has 5 rings (SSSR count). The lowest BCUT2D eigenvalue weighted by molar-refractivity contribution is -0.150. The van der Waals surface area contributed by atoms with Crippen LogP contribution in [0.4, 0.5) is 4.79 Å².